The standard InChI is InChI=1S/C26H29N3O2/c1-5-27-20-11-7-18(8-12-20)26(19-9-13-21(14-10-19)28-6-2)24-16-15-22(29(3)4)17-23(24)25(30)31-26/h7-17,27-28H,5-6H2,1-4H3. The normalized spacial score (nSPS) is 14.0. The van der Waals surface area contributed by atoms with E-state index in [4.69, 9.17) is 4.74 Å². The van der Waals surface area contributed by atoms with E-state index in [-0.39, 0.29) is 5.97 Å². The molecule has 1 heterocycles. The fraction of sp³-hybridized carbons (Fsp3) is 0.269. The third-order valence-electron chi connectivity index (χ3n) is 5.71. The Morgan fingerprint density at radius 1 is 0.806 bits per heavy atom. The first-order chi connectivity index (χ1) is 15.0. The second kappa shape index (κ2) is 8.34. The number of nitrogens with zero attached hydrogens (tertiary/aromatic N) is 1. The lowest BCUT2D eigenvalue weighted by atomic mass is 9.79. The summed E-state index contributed by atoms with van der Waals surface area (Å²) in [6.07, 6.45) is 0. The number of cyclic esters (lactones) is 1. The molecule has 1 aliphatic rings. The molecule has 5 heteroatoms. The molecule has 0 unspecified atom stereocenters. The number of carbonyl (C=O) groups is 1. The van der Waals surface area contributed by atoms with Crippen LogP contribution in [-0.4, -0.2) is 33.2 Å². The van der Waals surface area contributed by atoms with Crippen LogP contribution in [0.1, 0.15) is 40.9 Å². The van der Waals surface area contributed by atoms with E-state index in [2.05, 4.69) is 24.5 Å². The molecule has 160 valence electrons. The summed E-state index contributed by atoms with van der Waals surface area (Å²) < 4.78 is 6.23. The number of fused-ring (bicyclic) bond motifs is 1. The van der Waals surface area contributed by atoms with Gasteiger partial charge in [0.05, 0.1) is 5.56 Å². The van der Waals surface area contributed by atoms with Gasteiger partial charge in [0.2, 0.25) is 0 Å². The molecule has 3 aromatic rings. The molecule has 5 nitrogen and oxygen atoms in total. The first-order valence-corrected chi connectivity index (χ1v) is 10.7. The third-order valence-corrected chi connectivity index (χ3v) is 5.71. The van der Waals surface area contributed by atoms with Crippen LogP contribution in [0, 0.1) is 0 Å². The van der Waals surface area contributed by atoms with Crippen LogP contribution in [0.15, 0.2) is 66.7 Å². The molecular formula is C26H29N3O2. The predicted octanol–water partition coefficient (Wildman–Crippen LogP) is 5.08. The summed E-state index contributed by atoms with van der Waals surface area (Å²) in [5, 5.41) is 6.65. The quantitative estimate of drug-likeness (QED) is 0.527. The maximum Gasteiger partial charge on any atom is 0.340 e. The van der Waals surface area contributed by atoms with E-state index in [1.807, 2.05) is 85.7 Å². The topological polar surface area (TPSA) is 53.6 Å². The highest BCUT2D eigenvalue weighted by molar-refractivity contribution is 5.97. The van der Waals surface area contributed by atoms with E-state index in [0.29, 0.717) is 5.56 Å². The second-order valence-corrected chi connectivity index (χ2v) is 7.91. The minimum atomic E-state index is -0.979. The Balaban J connectivity index is 1.90. The minimum absolute atomic E-state index is 0.301. The zero-order valence-electron chi connectivity index (χ0n) is 18.5. The number of benzene rings is 3. The van der Waals surface area contributed by atoms with Gasteiger partial charge < -0.3 is 20.3 Å². The molecule has 0 radical (unpaired) electrons. The maximum absolute atomic E-state index is 13.1. The molecule has 31 heavy (non-hydrogen) atoms. The highest BCUT2D eigenvalue weighted by atomic mass is 16.6. The SMILES string of the molecule is CCNc1ccc(C2(c3ccc(NCC)cc3)OC(=O)c3cc(N(C)C)ccc32)cc1. The van der Waals surface area contributed by atoms with Crippen LogP contribution in [0.5, 0.6) is 0 Å². The fourth-order valence-electron chi connectivity index (χ4n) is 4.18. The Hall–Kier alpha value is -3.47. The van der Waals surface area contributed by atoms with E-state index in [1.54, 1.807) is 0 Å². The van der Waals surface area contributed by atoms with Crippen molar-refractivity contribution in [1.29, 1.82) is 0 Å². The Morgan fingerprint density at radius 2 is 1.32 bits per heavy atom. The molecule has 0 spiro atoms. The van der Waals surface area contributed by atoms with Crippen molar-refractivity contribution >= 4 is 23.0 Å². The molecule has 0 fully saturated rings. The molecule has 0 atom stereocenters. The fourth-order valence-corrected chi connectivity index (χ4v) is 4.18. The molecule has 2 N–H and O–H groups in total. The van der Waals surface area contributed by atoms with Gasteiger partial charge in [-0.3, -0.25) is 0 Å². The summed E-state index contributed by atoms with van der Waals surface area (Å²) >= 11 is 0. The molecule has 0 bridgehead atoms. The largest absolute Gasteiger partial charge is 0.441 e. The summed E-state index contributed by atoms with van der Waals surface area (Å²) in [4.78, 5) is 15.1. The smallest absolute Gasteiger partial charge is 0.340 e. The van der Waals surface area contributed by atoms with Gasteiger partial charge in [0, 0.05) is 60.9 Å². The van der Waals surface area contributed by atoms with Gasteiger partial charge in [0.15, 0.2) is 5.60 Å². The van der Waals surface area contributed by atoms with Gasteiger partial charge in [-0.25, -0.2) is 4.79 Å². The number of rotatable bonds is 7. The van der Waals surface area contributed by atoms with Crippen LogP contribution in [0.4, 0.5) is 17.1 Å². The number of hydrogen-bond donors (Lipinski definition) is 2. The van der Waals surface area contributed by atoms with Crippen molar-refractivity contribution < 1.29 is 9.53 Å². The third kappa shape index (κ3) is 3.61. The Kier molecular flexibility index (Phi) is 5.59. The molecule has 0 saturated heterocycles. The van der Waals surface area contributed by atoms with Gasteiger partial charge in [-0.05, 0) is 50.2 Å². The molecule has 4 rings (SSSR count). The van der Waals surface area contributed by atoms with Gasteiger partial charge in [0.1, 0.15) is 0 Å². The Bertz CT molecular complexity index is 1020. The van der Waals surface area contributed by atoms with Crippen molar-refractivity contribution in [2.24, 2.45) is 0 Å². The average Bonchev–Trinajstić information content (AvgIpc) is 3.08. The van der Waals surface area contributed by atoms with Crippen molar-refractivity contribution in [2.75, 3.05) is 42.7 Å². The van der Waals surface area contributed by atoms with Gasteiger partial charge in [0.25, 0.3) is 0 Å². The van der Waals surface area contributed by atoms with Crippen LogP contribution < -0.4 is 15.5 Å². The summed E-state index contributed by atoms with van der Waals surface area (Å²) in [7, 11) is 3.93. The van der Waals surface area contributed by atoms with Crippen LogP contribution in [0.25, 0.3) is 0 Å². The first-order valence-electron chi connectivity index (χ1n) is 10.7. The zero-order valence-corrected chi connectivity index (χ0v) is 18.5. The van der Waals surface area contributed by atoms with E-state index >= 15 is 0 Å². The lowest BCUT2D eigenvalue weighted by Crippen LogP contribution is -2.29. The van der Waals surface area contributed by atoms with Gasteiger partial charge in [-0.2, -0.15) is 0 Å². The molecule has 0 saturated carbocycles. The monoisotopic (exact) mass is 415 g/mol. The van der Waals surface area contributed by atoms with Crippen LogP contribution in [0.3, 0.4) is 0 Å². The average molecular weight is 416 g/mol. The van der Waals surface area contributed by atoms with E-state index in [0.717, 1.165) is 46.8 Å². The molecular weight excluding hydrogens is 386 g/mol. The summed E-state index contributed by atoms with van der Waals surface area (Å²) in [5.41, 5.74) is 5.40. The Morgan fingerprint density at radius 3 is 1.77 bits per heavy atom. The van der Waals surface area contributed by atoms with Crippen LogP contribution >= 0.6 is 0 Å². The van der Waals surface area contributed by atoms with Crippen LogP contribution in [0.2, 0.25) is 0 Å². The van der Waals surface area contributed by atoms with Crippen molar-refractivity contribution in [3.63, 3.8) is 0 Å². The number of anilines is 3. The molecule has 1 aliphatic heterocycles. The number of carbonyl (C=O) groups excluding carboxylic acids is 1. The highest BCUT2D eigenvalue weighted by Crippen LogP contribution is 2.48. The van der Waals surface area contributed by atoms with Gasteiger partial charge in [-0.1, -0.05) is 30.3 Å². The zero-order chi connectivity index (χ0) is 22.0. The van der Waals surface area contributed by atoms with Crippen molar-refractivity contribution in [3.8, 4) is 0 Å². The van der Waals surface area contributed by atoms with Crippen molar-refractivity contribution in [2.45, 2.75) is 19.4 Å². The summed E-state index contributed by atoms with van der Waals surface area (Å²) in [6, 6.07) is 22.3. The van der Waals surface area contributed by atoms with Gasteiger partial charge in [-0.15, -0.1) is 0 Å². The Labute approximate surface area is 184 Å². The van der Waals surface area contributed by atoms with Gasteiger partial charge >= 0.3 is 5.97 Å². The van der Waals surface area contributed by atoms with E-state index in [1.165, 1.54) is 0 Å². The summed E-state index contributed by atoms with van der Waals surface area (Å²) in [6.45, 7) is 5.83. The lowest BCUT2D eigenvalue weighted by molar-refractivity contribution is 0.0251. The van der Waals surface area contributed by atoms with Crippen molar-refractivity contribution in [3.05, 3.63) is 89.0 Å². The molecule has 0 aliphatic carbocycles. The molecule has 0 aromatic heterocycles. The lowest BCUT2D eigenvalue weighted by Gasteiger charge is -2.31. The minimum Gasteiger partial charge on any atom is -0.441 e. The summed E-state index contributed by atoms with van der Waals surface area (Å²) in [5.74, 6) is -0.301. The second-order valence-electron chi connectivity index (χ2n) is 7.91. The molecule has 0 amide bonds. The number of nitrogens with one attached hydrogen (secondary N) is 2. The van der Waals surface area contributed by atoms with E-state index in [9.17, 15) is 4.79 Å². The highest BCUT2D eigenvalue weighted by Gasteiger charge is 2.48. The van der Waals surface area contributed by atoms with Crippen molar-refractivity contribution in [1.82, 2.24) is 0 Å². The number of ether oxygens (including phenoxy) is 1. The number of esters is 1. The maximum atomic E-state index is 13.1. The predicted molar refractivity (Wildman–Crippen MR) is 127 cm³/mol. The number of hydrogen-bond acceptors (Lipinski definition) is 5. The first kappa shape index (κ1) is 20.8. The molecule has 3 aromatic carbocycles. The van der Waals surface area contributed by atoms with Crippen LogP contribution in [-0.2, 0) is 10.3 Å². The van der Waals surface area contributed by atoms with E-state index < -0.39 is 5.60 Å².